The van der Waals surface area contributed by atoms with Gasteiger partial charge in [0.2, 0.25) is 0 Å². The Morgan fingerprint density at radius 3 is 2.85 bits per heavy atom. The van der Waals surface area contributed by atoms with Crippen LogP contribution in [-0.4, -0.2) is 0 Å². The van der Waals surface area contributed by atoms with Crippen molar-refractivity contribution in [3.63, 3.8) is 0 Å². The Morgan fingerprint density at radius 1 is 1.46 bits per heavy atom. The lowest BCUT2D eigenvalue weighted by molar-refractivity contribution is 0.294. The molecule has 0 aromatic carbocycles. The zero-order valence-electron chi connectivity index (χ0n) is 8.58. The minimum Gasteiger partial charge on any atom is -0.103 e. The van der Waals surface area contributed by atoms with Gasteiger partial charge in [-0.1, -0.05) is 25.2 Å². The molecule has 1 saturated carbocycles. The number of hydrogen-bond donors (Lipinski definition) is 0. The minimum atomic E-state index is 0.901. The van der Waals surface area contributed by atoms with E-state index in [4.69, 9.17) is 0 Å². The van der Waals surface area contributed by atoms with Gasteiger partial charge in [0.25, 0.3) is 0 Å². The third kappa shape index (κ3) is 1.72. The topological polar surface area (TPSA) is 0 Å². The molecule has 0 spiro atoms. The van der Waals surface area contributed by atoms with Crippen LogP contribution in [0.4, 0.5) is 0 Å². The first-order valence-corrected chi connectivity index (χ1v) is 5.60. The molecule has 4 atom stereocenters. The fraction of sp³-hybridized carbons (Fsp3) is 0.692. The molecule has 0 radical (unpaired) electrons. The second kappa shape index (κ2) is 3.69. The van der Waals surface area contributed by atoms with E-state index in [2.05, 4.69) is 31.7 Å². The minimum absolute atomic E-state index is 0.901. The molecule has 13 heavy (non-hydrogen) atoms. The first kappa shape index (κ1) is 9.05. The summed E-state index contributed by atoms with van der Waals surface area (Å²) in [4.78, 5) is 0. The van der Waals surface area contributed by atoms with Gasteiger partial charge in [-0.15, -0.1) is 6.58 Å². The molecule has 0 aliphatic heterocycles. The molecule has 4 unspecified atom stereocenters. The molecular formula is C13H20. The van der Waals surface area contributed by atoms with Crippen LogP contribution in [0.3, 0.4) is 0 Å². The molecule has 0 saturated heterocycles. The SMILES string of the molecule is C=CCCC(C)C1CC2C=CC1C2. The maximum Gasteiger partial charge on any atom is -0.0197 e. The summed E-state index contributed by atoms with van der Waals surface area (Å²) in [5.41, 5.74) is 0. The molecule has 0 N–H and O–H groups in total. The Balaban J connectivity index is 1.87. The van der Waals surface area contributed by atoms with Crippen LogP contribution in [0.25, 0.3) is 0 Å². The summed E-state index contributed by atoms with van der Waals surface area (Å²) >= 11 is 0. The number of fused-ring (bicyclic) bond motifs is 2. The van der Waals surface area contributed by atoms with Gasteiger partial charge in [0, 0.05) is 0 Å². The van der Waals surface area contributed by atoms with Gasteiger partial charge < -0.3 is 0 Å². The quantitative estimate of drug-likeness (QED) is 0.571. The Morgan fingerprint density at radius 2 is 2.31 bits per heavy atom. The Labute approximate surface area is 81.7 Å². The normalized spacial score (nSPS) is 38.1. The average Bonchev–Trinajstić information content (AvgIpc) is 2.74. The lowest BCUT2D eigenvalue weighted by Crippen LogP contribution is -2.16. The van der Waals surface area contributed by atoms with Gasteiger partial charge in [-0.05, 0) is 49.4 Å². The van der Waals surface area contributed by atoms with E-state index in [-0.39, 0.29) is 0 Å². The molecule has 1 fully saturated rings. The predicted molar refractivity (Wildman–Crippen MR) is 57.4 cm³/mol. The maximum absolute atomic E-state index is 3.79. The highest BCUT2D eigenvalue weighted by molar-refractivity contribution is 5.10. The van der Waals surface area contributed by atoms with E-state index in [0.717, 1.165) is 23.7 Å². The van der Waals surface area contributed by atoms with Gasteiger partial charge in [0.05, 0.1) is 0 Å². The van der Waals surface area contributed by atoms with Gasteiger partial charge in [0.15, 0.2) is 0 Å². The molecule has 2 rings (SSSR count). The van der Waals surface area contributed by atoms with Crippen LogP contribution >= 0.6 is 0 Å². The molecule has 72 valence electrons. The van der Waals surface area contributed by atoms with Crippen LogP contribution in [0.2, 0.25) is 0 Å². The van der Waals surface area contributed by atoms with Crippen molar-refractivity contribution in [2.45, 2.75) is 32.6 Å². The monoisotopic (exact) mass is 176 g/mol. The average molecular weight is 176 g/mol. The first-order chi connectivity index (χ1) is 6.31. The number of allylic oxidation sites excluding steroid dienone is 3. The van der Waals surface area contributed by atoms with E-state index in [0.29, 0.717) is 0 Å². The zero-order chi connectivity index (χ0) is 9.26. The molecule has 2 aliphatic carbocycles. The fourth-order valence-corrected chi connectivity index (χ4v) is 3.07. The van der Waals surface area contributed by atoms with Crippen molar-refractivity contribution in [3.8, 4) is 0 Å². The molecule has 0 aromatic rings. The van der Waals surface area contributed by atoms with Crippen LogP contribution < -0.4 is 0 Å². The highest BCUT2D eigenvalue weighted by Crippen LogP contribution is 2.47. The van der Waals surface area contributed by atoms with Crippen molar-refractivity contribution in [2.24, 2.45) is 23.7 Å². The summed E-state index contributed by atoms with van der Waals surface area (Å²) in [5.74, 6) is 3.74. The summed E-state index contributed by atoms with van der Waals surface area (Å²) < 4.78 is 0. The molecule has 0 amide bonds. The van der Waals surface area contributed by atoms with Crippen LogP contribution in [0.1, 0.15) is 32.6 Å². The summed E-state index contributed by atoms with van der Waals surface area (Å²) in [5, 5.41) is 0. The highest BCUT2D eigenvalue weighted by Gasteiger charge is 2.37. The fourth-order valence-electron chi connectivity index (χ4n) is 3.07. The van der Waals surface area contributed by atoms with Crippen LogP contribution in [0.5, 0.6) is 0 Å². The van der Waals surface area contributed by atoms with Crippen molar-refractivity contribution in [1.29, 1.82) is 0 Å². The molecule has 0 aromatic heterocycles. The van der Waals surface area contributed by atoms with Crippen molar-refractivity contribution in [2.75, 3.05) is 0 Å². The van der Waals surface area contributed by atoms with E-state index >= 15 is 0 Å². The summed E-state index contributed by atoms with van der Waals surface area (Å²) in [7, 11) is 0. The molecule has 0 heteroatoms. The van der Waals surface area contributed by atoms with Crippen molar-refractivity contribution >= 4 is 0 Å². The van der Waals surface area contributed by atoms with Crippen LogP contribution in [-0.2, 0) is 0 Å². The lowest BCUT2D eigenvalue weighted by Gasteiger charge is -2.24. The molecule has 2 bridgehead atoms. The van der Waals surface area contributed by atoms with Gasteiger partial charge in [-0.25, -0.2) is 0 Å². The van der Waals surface area contributed by atoms with E-state index in [9.17, 15) is 0 Å². The largest absolute Gasteiger partial charge is 0.103 e. The first-order valence-electron chi connectivity index (χ1n) is 5.60. The summed E-state index contributed by atoms with van der Waals surface area (Å²) in [6.07, 6.45) is 12.4. The van der Waals surface area contributed by atoms with Crippen molar-refractivity contribution in [1.82, 2.24) is 0 Å². The van der Waals surface area contributed by atoms with Crippen LogP contribution in [0.15, 0.2) is 24.8 Å². The van der Waals surface area contributed by atoms with Gasteiger partial charge in [-0.3, -0.25) is 0 Å². The van der Waals surface area contributed by atoms with Gasteiger partial charge in [-0.2, -0.15) is 0 Å². The molecule has 2 aliphatic rings. The van der Waals surface area contributed by atoms with Gasteiger partial charge >= 0.3 is 0 Å². The molecule has 0 nitrogen and oxygen atoms in total. The zero-order valence-corrected chi connectivity index (χ0v) is 8.58. The smallest absolute Gasteiger partial charge is 0.0197 e. The van der Waals surface area contributed by atoms with E-state index in [1.54, 1.807) is 0 Å². The van der Waals surface area contributed by atoms with E-state index < -0.39 is 0 Å². The Bertz CT molecular complexity index is 214. The highest BCUT2D eigenvalue weighted by atomic mass is 14.4. The van der Waals surface area contributed by atoms with Crippen molar-refractivity contribution < 1.29 is 0 Å². The third-order valence-electron chi connectivity index (χ3n) is 3.89. The number of rotatable bonds is 4. The van der Waals surface area contributed by atoms with Crippen LogP contribution in [0, 0.1) is 23.7 Å². The second-order valence-electron chi connectivity index (χ2n) is 4.79. The van der Waals surface area contributed by atoms with E-state index in [1.165, 1.54) is 25.7 Å². The van der Waals surface area contributed by atoms with Gasteiger partial charge in [0.1, 0.15) is 0 Å². The predicted octanol–water partition coefficient (Wildman–Crippen LogP) is 3.80. The van der Waals surface area contributed by atoms with Crippen molar-refractivity contribution in [3.05, 3.63) is 24.8 Å². The standard InChI is InChI=1S/C13H20/c1-3-4-5-10(2)13-9-11-6-7-12(13)8-11/h3,6-7,10-13H,1,4-5,8-9H2,2H3. The Hall–Kier alpha value is -0.520. The second-order valence-corrected chi connectivity index (χ2v) is 4.79. The third-order valence-corrected chi connectivity index (χ3v) is 3.89. The molecule has 0 heterocycles. The van der Waals surface area contributed by atoms with E-state index in [1.807, 2.05) is 0 Å². The molecular weight excluding hydrogens is 156 g/mol. The maximum atomic E-state index is 3.79. The Kier molecular flexibility index (Phi) is 2.57. The lowest BCUT2D eigenvalue weighted by atomic mass is 9.81. The summed E-state index contributed by atoms with van der Waals surface area (Å²) in [6, 6.07) is 0. The number of hydrogen-bond acceptors (Lipinski definition) is 0. The summed E-state index contributed by atoms with van der Waals surface area (Å²) in [6.45, 7) is 6.21.